The summed E-state index contributed by atoms with van der Waals surface area (Å²) in [7, 11) is 0. The molecule has 1 aromatic heterocycles. The molecule has 6 heteroatoms. The molecule has 2 spiro atoms. The minimum absolute atomic E-state index is 0.0636. The number of amides is 1. The van der Waals surface area contributed by atoms with E-state index < -0.39 is 11.0 Å². The van der Waals surface area contributed by atoms with E-state index in [1.54, 1.807) is 0 Å². The number of rotatable bonds is 1. The van der Waals surface area contributed by atoms with E-state index in [1.807, 2.05) is 60.3 Å². The van der Waals surface area contributed by atoms with E-state index in [4.69, 9.17) is 4.98 Å². The summed E-state index contributed by atoms with van der Waals surface area (Å²) in [6.07, 6.45) is 1.25. The second-order valence-electron chi connectivity index (χ2n) is 11.1. The van der Waals surface area contributed by atoms with Gasteiger partial charge in [0.2, 0.25) is 0 Å². The summed E-state index contributed by atoms with van der Waals surface area (Å²) >= 11 is 1.86. The van der Waals surface area contributed by atoms with Crippen molar-refractivity contribution in [1.82, 2.24) is 9.88 Å². The molecule has 1 amide bonds. The van der Waals surface area contributed by atoms with Crippen LogP contribution in [-0.2, 0) is 16.8 Å². The van der Waals surface area contributed by atoms with Crippen LogP contribution in [0.25, 0.3) is 10.9 Å². The Kier molecular flexibility index (Phi) is 4.60. The first kappa shape index (κ1) is 22.5. The summed E-state index contributed by atoms with van der Waals surface area (Å²) < 4.78 is 0. The monoisotopic (exact) mass is 517 g/mol. The Morgan fingerprint density at radius 3 is 2.66 bits per heavy atom. The number of Topliss-reactive ketones (excluding diaryl/α,β-unsaturated/α-hetero) is 1. The zero-order valence-electron chi connectivity index (χ0n) is 21.1. The fourth-order valence-electron chi connectivity index (χ4n) is 7.99. The normalized spacial score (nSPS) is 29.6. The van der Waals surface area contributed by atoms with E-state index in [0.717, 1.165) is 45.0 Å². The van der Waals surface area contributed by atoms with Crippen LogP contribution in [0, 0.1) is 12.3 Å². The standard InChI is InChI=1S/C32H27N3O2S/c1-19-10-12-20(13-11-19)28-27-17-38-18-35(27)32(23-7-3-5-9-26(23)34-30(32)37)31(28)15-14-25-22(29(31)36)16-21-6-2-4-8-24(21)33-25/h2-13,16,27-28H,14-15,17-18H2,1H3,(H,34,37)/t27-,28-,31-,32-/m0/s1. The number of aromatic nitrogens is 1. The van der Waals surface area contributed by atoms with Gasteiger partial charge in [-0.3, -0.25) is 19.5 Å². The van der Waals surface area contributed by atoms with Crippen LogP contribution in [0.4, 0.5) is 5.69 Å². The minimum atomic E-state index is -1.06. The first-order chi connectivity index (χ1) is 18.6. The smallest absolute Gasteiger partial charge is 0.250 e. The summed E-state index contributed by atoms with van der Waals surface area (Å²) in [4.78, 5) is 37.0. The number of pyridine rings is 1. The molecule has 188 valence electrons. The Morgan fingerprint density at radius 1 is 1.00 bits per heavy atom. The molecule has 0 unspecified atom stereocenters. The van der Waals surface area contributed by atoms with Crippen molar-refractivity contribution < 1.29 is 9.59 Å². The molecule has 38 heavy (non-hydrogen) atoms. The second kappa shape index (κ2) is 7.78. The number of aryl methyl sites for hydroxylation is 2. The largest absolute Gasteiger partial charge is 0.324 e. The van der Waals surface area contributed by atoms with E-state index in [-0.39, 0.29) is 23.7 Å². The van der Waals surface area contributed by atoms with Gasteiger partial charge in [0.25, 0.3) is 5.91 Å². The molecule has 0 saturated carbocycles. The van der Waals surface area contributed by atoms with Crippen molar-refractivity contribution in [3.63, 3.8) is 0 Å². The molecule has 8 rings (SSSR count). The van der Waals surface area contributed by atoms with Crippen molar-refractivity contribution in [2.24, 2.45) is 5.41 Å². The summed E-state index contributed by atoms with van der Waals surface area (Å²) in [5.74, 6) is 1.52. The number of fused-ring (bicyclic) bond motifs is 7. The Balaban J connectivity index is 1.45. The number of carbonyl (C=O) groups excluding carboxylic acids is 2. The maximum absolute atomic E-state index is 15.2. The lowest BCUT2D eigenvalue weighted by Gasteiger charge is -2.48. The molecule has 3 aliphatic heterocycles. The fraction of sp³-hybridized carbons (Fsp3) is 0.281. The predicted octanol–water partition coefficient (Wildman–Crippen LogP) is 5.68. The average molecular weight is 518 g/mol. The number of hydrogen-bond acceptors (Lipinski definition) is 5. The SMILES string of the molecule is Cc1ccc([C@H]2[C@@H]3CSCN3[C@@]3(C(=O)Nc4ccccc43)[C@@]23CCc2nc4ccccc4cc2C3=O)cc1. The number of benzene rings is 3. The fourth-order valence-corrected chi connectivity index (χ4v) is 9.30. The first-order valence-corrected chi connectivity index (χ1v) is 14.5. The van der Waals surface area contributed by atoms with E-state index in [0.29, 0.717) is 18.4 Å². The molecule has 0 radical (unpaired) electrons. The molecule has 2 saturated heterocycles. The predicted molar refractivity (Wildman–Crippen MR) is 150 cm³/mol. The van der Waals surface area contributed by atoms with Crippen LogP contribution in [-0.4, -0.2) is 39.2 Å². The Morgan fingerprint density at radius 2 is 1.79 bits per heavy atom. The van der Waals surface area contributed by atoms with Crippen molar-refractivity contribution in [3.05, 3.63) is 107 Å². The van der Waals surface area contributed by atoms with Gasteiger partial charge in [-0.05, 0) is 43.5 Å². The van der Waals surface area contributed by atoms with Crippen LogP contribution >= 0.6 is 11.8 Å². The highest BCUT2D eigenvalue weighted by Gasteiger charge is 2.78. The summed E-state index contributed by atoms with van der Waals surface area (Å²) in [6.45, 7) is 2.09. The summed E-state index contributed by atoms with van der Waals surface area (Å²) in [5, 5.41) is 4.17. The van der Waals surface area contributed by atoms with Crippen molar-refractivity contribution in [2.45, 2.75) is 37.3 Å². The van der Waals surface area contributed by atoms with Crippen LogP contribution in [0.3, 0.4) is 0 Å². The van der Waals surface area contributed by atoms with Gasteiger partial charge in [-0.2, -0.15) is 0 Å². The van der Waals surface area contributed by atoms with E-state index in [2.05, 4.69) is 47.5 Å². The van der Waals surface area contributed by atoms with Gasteiger partial charge in [-0.25, -0.2) is 0 Å². The molecule has 4 aliphatic rings. The van der Waals surface area contributed by atoms with Gasteiger partial charge in [-0.15, -0.1) is 11.8 Å². The number of para-hydroxylation sites is 2. The topological polar surface area (TPSA) is 62.3 Å². The van der Waals surface area contributed by atoms with Crippen molar-refractivity contribution >= 4 is 40.0 Å². The van der Waals surface area contributed by atoms with Crippen LogP contribution < -0.4 is 5.32 Å². The number of nitrogens with one attached hydrogen (secondary N) is 1. The number of ketones is 1. The molecule has 1 N–H and O–H groups in total. The quantitative estimate of drug-likeness (QED) is 0.352. The Bertz CT molecular complexity index is 1670. The molecule has 4 heterocycles. The molecule has 4 atom stereocenters. The molecule has 0 bridgehead atoms. The van der Waals surface area contributed by atoms with Crippen molar-refractivity contribution in [1.29, 1.82) is 0 Å². The van der Waals surface area contributed by atoms with Crippen LogP contribution in [0.15, 0.2) is 78.9 Å². The average Bonchev–Trinajstić information content (AvgIpc) is 3.59. The number of anilines is 1. The van der Waals surface area contributed by atoms with Gasteiger partial charge >= 0.3 is 0 Å². The molecule has 1 aliphatic carbocycles. The van der Waals surface area contributed by atoms with Gasteiger partial charge in [0.1, 0.15) is 5.54 Å². The molecular weight excluding hydrogens is 490 g/mol. The third-order valence-corrected chi connectivity index (χ3v) is 10.5. The molecule has 4 aromatic rings. The summed E-state index contributed by atoms with van der Waals surface area (Å²) in [6, 6.07) is 26.7. The highest BCUT2D eigenvalue weighted by Crippen LogP contribution is 2.70. The van der Waals surface area contributed by atoms with Gasteiger partial charge in [0.15, 0.2) is 5.78 Å². The zero-order valence-corrected chi connectivity index (χ0v) is 21.9. The van der Waals surface area contributed by atoms with Gasteiger partial charge in [-0.1, -0.05) is 66.2 Å². The van der Waals surface area contributed by atoms with Gasteiger partial charge in [0, 0.05) is 45.8 Å². The van der Waals surface area contributed by atoms with Crippen LogP contribution in [0.5, 0.6) is 0 Å². The number of thioether (sulfide) groups is 1. The van der Waals surface area contributed by atoms with Crippen LogP contribution in [0.1, 0.15) is 45.1 Å². The maximum Gasteiger partial charge on any atom is 0.250 e. The van der Waals surface area contributed by atoms with E-state index >= 15 is 4.79 Å². The summed E-state index contributed by atoms with van der Waals surface area (Å²) in [5.41, 5.74) is 4.54. The Hall–Kier alpha value is -3.48. The first-order valence-electron chi connectivity index (χ1n) is 13.3. The molecular formula is C32H27N3O2S. The maximum atomic E-state index is 15.2. The third kappa shape index (κ3) is 2.60. The van der Waals surface area contributed by atoms with E-state index in [9.17, 15) is 4.79 Å². The van der Waals surface area contributed by atoms with Gasteiger partial charge in [0.05, 0.1) is 16.6 Å². The van der Waals surface area contributed by atoms with Crippen molar-refractivity contribution in [2.75, 3.05) is 16.9 Å². The second-order valence-corrected chi connectivity index (χ2v) is 12.1. The molecule has 3 aromatic carbocycles. The third-order valence-electron chi connectivity index (χ3n) is 9.45. The number of carbonyl (C=O) groups is 2. The Labute approximate surface area is 225 Å². The lowest BCUT2D eigenvalue weighted by atomic mass is 9.53. The molecule has 5 nitrogen and oxygen atoms in total. The van der Waals surface area contributed by atoms with E-state index in [1.165, 1.54) is 5.56 Å². The lowest BCUT2D eigenvalue weighted by Crippen LogP contribution is -2.60. The molecule has 2 fully saturated rings. The van der Waals surface area contributed by atoms with Gasteiger partial charge < -0.3 is 5.32 Å². The highest BCUT2D eigenvalue weighted by molar-refractivity contribution is 7.99. The minimum Gasteiger partial charge on any atom is -0.324 e. The highest BCUT2D eigenvalue weighted by atomic mass is 32.2. The number of nitrogens with zero attached hydrogens (tertiary/aromatic N) is 2. The zero-order chi connectivity index (χ0) is 25.6. The van der Waals surface area contributed by atoms with Crippen LogP contribution in [0.2, 0.25) is 0 Å². The number of hydrogen-bond donors (Lipinski definition) is 1. The van der Waals surface area contributed by atoms with Crippen molar-refractivity contribution in [3.8, 4) is 0 Å². The lowest BCUT2D eigenvalue weighted by molar-refractivity contribution is -0.131.